The monoisotopic (exact) mass is 412 g/mol. The predicted octanol–water partition coefficient (Wildman–Crippen LogP) is 9.03. The maximum atomic E-state index is 13.8. The maximum Gasteiger partial charge on any atom is 0.142 e. The number of hydrogen-bond donors (Lipinski definition) is 0. The Morgan fingerprint density at radius 3 is 2.34 bits per heavy atom. The van der Waals surface area contributed by atoms with E-state index < -0.39 is 0 Å². The Hall–Kier alpha value is -1.34. The molecule has 2 saturated carbocycles. The zero-order chi connectivity index (χ0) is 20.2. The van der Waals surface area contributed by atoms with E-state index in [0.29, 0.717) is 5.92 Å². The van der Waals surface area contributed by atoms with E-state index in [9.17, 15) is 4.39 Å². The van der Waals surface area contributed by atoms with Crippen LogP contribution in [-0.4, -0.2) is 0 Å². The van der Waals surface area contributed by atoms with Crippen molar-refractivity contribution >= 4 is 11.6 Å². The van der Waals surface area contributed by atoms with E-state index in [1.165, 1.54) is 75.8 Å². The van der Waals surface area contributed by atoms with Crippen LogP contribution in [0.25, 0.3) is 11.1 Å². The molecular weight excluding hydrogens is 379 g/mol. The summed E-state index contributed by atoms with van der Waals surface area (Å²) in [6, 6.07) is 13.9. The number of hydrogen-bond acceptors (Lipinski definition) is 0. The molecule has 0 nitrogen and oxygen atoms in total. The molecule has 2 fully saturated rings. The molecule has 0 aliphatic heterocycles. The fourth-order valence-corrected chi connectivity index (χ4v) is 5.98. The van der Waals surface area contributed by atoms with E-state index >= 15 is 0 Å². The summed E-state index contributed by atoms with van der Waals surface area (Å²) >= 11 is 5.82. The first-order chi connectivity index (χ1) is 14.1. The Labute approximate surface area is 180 Å². The van der Waals surface area contributed by atoms with Gasteiger partial charge in [0, 0.05) is 0 Å². The summed E-state index contributed by atoms with van der Waals surface area (Å²) < 4.78 is 13.8. The number of rotatable bonds is 6. The van der Waals surface area contributed by atoms with E-state index in [0.717, 1.165) is 28.9 Å². The zero-order valence-corrected chi connectivity index (χ0v) is 18.4. The largest absolute Gasteiger partial charge is 0.205 e. The third-order valence-corrected chi connectivity index (χ3v) is 7.88. The molecule has 0 saturated heterocycles. The standard InChI is InChI=1S/C27H34ClF/c1-2-3-4-5-19-6-7-24-17-23(13-12-22(24)16-19)20-8-10-21(11-9-20)25-14-15-26(28)27(29)18-25/h8-11,14-15,18-19,22-24H,2-7,12-13,16-17H2,1H3. The second-order valence-electron chi connectivity index (χ2n) is 9.46. The first kappa shape index (κ1) is 20.9. The van der Waals surface area contributed by atoms with E-state index in [4.69, 9.17) is 11.6 Å². The fourth-order valence-electron chi connectivity index (χ4n) is 5.86. The van der Waals surface area contributed by atoms with Gasteiger partial charge in [-0.25, -0.2) is 4.39 Å². The van der Waals surface area contributed by atoms with Crippen molar-refractivity contribution in [3.8, 4) is 11.1 Å². The summed E-state index contributed by atoms with van der Waals surface area (Å²) in [6.45, 7) is 2.30. The maximum absolute atomic E-state index is 13.8. The molecule has 2 aromatic rings. The summed E-state index contributed by atoms with van der Waals surface area (Å²) in [5.41, 5.74) is 3.42. The van der Waals surface area contributed by atoms with E-state index in [-0.39, 0.29) is 10.8 Å². The van der Waals surface area contributed by atoms with Crippen molar-refractivity contribution in [3.63, 3.8) is 0 Å². The highest BCUT2D eigenvalue weighted by Gasteiger charge is 2.35. The van der Waals surface area contributed by atoms with E-state index in [1.54, 1.807) is 6.07 Å². The Morgan fingerprint density at radius 2 is 1.59 bits per heavy atom. The van der Waals surface area contributed by atoms with Crippen LogP contribution in [0.15, 0.2) is 42.5 Å². The van der Waals surface area contributed by atoms with Gasteiger partial charge in [-0.2, -0.15) is 0 Å². The van der Waals surface area contributed by atoms with Crippen LogP contribution in [0.3, 0.4) is 0 Å². The molecule has 0 bridgehead atoms. The van der Waals surface area contributed by atoms with Gasteiger partial charge in [0.05, 0.1) is 5.02 Å². The van der Waals surface area contributed by atoms with Gasteiger partial charge in [-0.1, -0.05) is 81.0 Å². The van der Waals surface area contributed by atoms with Crippen molar-refractivity contribution < 1.29 is 4.39 Å². The van der Waals surface area contributed by atoms with Crippen LogP contribution in [0.4, 0.5) is 4.39 Å². The molecule has 0 aromatic heterocycles. The third kappa shape index (κ3) is 5.05. The summed E-state index contributed by atoms with van der Waals surface area (Å²) in [7, 11) is 0. The van der Waals surface area contributed by atoms with Crippen LogP contribution in [0.5, 0.6) is 0 Å². The molecule has 2 aromatic carbocycles. The van der Waals surface area contributed by atoms with Crippen molar-refractivity contribution in [1.29, 1.82) is 0 Å². The first-order valence-electron chi connectivity index (χ1n) is 11.7. The number of halogens is 2. The fraction of sp³-hybridized carbons (Fsp3) is 0.556. The van der Waals surface area contributed by atoms with Crippen LogP contribution in [0.2, 0.25) is 5.02 Å². The Balaban J connectivity index is 1.35. The van der Waals surface area contributed by atoms with Gasteiger partial charge in [0.25, 0.3) is 0 Å². The SMILES string of the molecule is CCCCCC1CCC2CC(c3ccc(-c4ccc(Cl)c(F)c4)cc3)CCC2C1. The van der Waals surface area contributed by atoms with Crippen molar-refractivity contribution in [2.75, 3.05) is 0 Å². The lowest BCUT2D eigenvalue weighted by Gasteiger charge is -2.42. The van der Waals surface area contributed by atoms with Gasteiger partial charge in [0.1, 0.15) is 5.82 Å². The summed E-state index contributed by atoms with van der Waals surface area (Å²) in [4.78, 5) is 0. The average Bonchev–Trinajstić information content (AvgIpc) is 2.75. The minimum Gasteiger partial charge on any atom is -0.205 e. The van der Waals surface area contributed by atoms with Crippen molar-refractivity contribution in [1.82, 2.24) is 0 Å². The minimum absolute atomic E-state index is 0.183. The number of fused-ring (bicyclic) bond motifs is 1. The second-order valence-corrected chi connectivity index (χ2v) is 9.86. The molecule has 0 N–H and O–H groups in total. The zero-order valence-electron chi connectivity index (χ0n) is 17.7. The lowest BCUT2D eigenvalue weighted by atomic mass is 9.63. The van der Waals surface area contributed by atoms with Crippen molar-refractivity contribution in [2.24, 2.45) is 17.8 Å². The molecule has 4 rings (SSSR count). The average molecular weight is 413 g/mol. The second kappa shape index (κ2) is 9.65. The highest BCUT2D eigenvalue weighted by atomic mass is 35.5. The quantitative estimate of drug-likeness (QED) is 0.415. The molecule has 29 heavy (non-hydrogen) atoms. The molecule has 0 radical (unpaired) electrons. The molecule has 4 unspecified atom stereocenters. The molecule has 2 aliphatic carbocycles. The van der Waals surface area contributed by atoms with Gasteiger partial charge < -0.3 is 0 Å². The summed E-state index contributed by atoms with van der Waals surface area (Å²) in [6.07, 6.45) is 14.1. The highest BCUT2D eigenvalue weighted by Crippen LogP contribution is 2.48. The molecule has 4 atom stereocenters. The molecule has 2 aliphatic rings. The van der Waals surface area contributed by atoms with Crippen LogP contribution < -0.4 is 0 Å². The van der Waals surface area contributed by atoms with Gasteiger partial charge in [0.15, 0.2) is 0 Å². The molecular formula is C27H34ClF. The first-order valence-corrected chi connectivity index (χ1v) is 12.1. The van der Waals surface area contributed by atoms with Crippen LogP contribution >= 0.6 is 11.6 Å². The van der Waals surface area contributed by atoms with Crippen LogP contribution in [-0.2, 0) is 0 Å². The van der Waals surface area contributed by atoms with E-state index in [2.05, 4.69) is 31.2 Å². The molecule has 156 valence electrons. The van der Waals surface area contributed by atoms with Gasteiger partial charge in [0.2, 0.25) is 0 Å². The molecule has 0 spiro atoms. The molecule has 0 heterocycles. The van der Waals surface area contributed by atoms with Gasteiger partial charge in [-0.05, 0) is 84.6 Å². The Morgan fingerprint density at radius 1 is 0.862 bits per heavy atom. The smallest absolute Gasteiger partial charge is 0.142 e. The predicted molar refractivity (Wildman–Crippen MR) is 122 cm³/mol. The number of unbranched alkanes of at least 4 members (excludes halogenated alkanes) is 2. The Kier molecular flexibility index (Phi) is 6.96. The highest BCUT2D eigenvalue weighted by molar-refractivity contribution is 6.30. The summed E-state index contributed by atoms with van der Waals surface area (Å²) in [5, 5.41) is 0.183. The van der Waals surface area contributed by atoms with Crippen molar-refractivity contribution in [3.05, 3.63) is 58.9 Å². The minimum atomic E-state index is -0.350. The normalized spacial score (nSPS) is 26.9. The lowest BCUT2D eigenvalue weighted by Crippen LogP contribution is -2.30. The summed E-state index contributed by atoms with van der Waals surface area (Å²) in [5.74, 6) is 3.25. The lowest BCUT2D eigenvalue weighted by molar-refractivity contribution is 0.113. The molecule has 0 amide bonds. The van der Waals surface area contributed by atoms with Crippen molar-refractivity contribution in [2.45, 2.75) is 77.0 Å². The van der Waals surface area contributed by atoms with Gasteiger partial charge >= 0.3 is 0 Å². The van der Waals surface area contributed by atoms with Crippen LogP contribution in [0, 0.1) is 23.6 Å². The van der Waals surface area contributed by atoms with Gasteiger partial charge in [-0.3, -0.25) is 0 Å². The van der Waals surface area contributed by atoms with Gasteiger partial charge in [-0.15, -0.1) is 0 Å². The topological polar surface area (TPSA) is 0 Å². The molecule has 2 heteroatoms. The number of benzene rings is 2. The van der Waals surface area contributed by atoms with Crippen LogP contribution in [0.1, 0.15) is 82.6 Å². The third-order valence-electron chi connectivity index (χ3n) is 7.57. The van der Waals surface area contributed by atoms with E-state index in [1.807, 2.05) is 6.07 Å². The Bertz CT molecular complexity index is 797.